The summed E-state index contributed by atoms with van der Waals surface area (Å²) in [5.41, 5.74) is -0.103. The smallest absolute Gasteiger partial charge is 0.292 e. The summed E-state index contributed by atoms with van der Waals surface area (Å²) < 4.78 is 5.55. The van der Waals surface area contributed by atoms with Gasteiger partial charge in [-0.15, -0.1) is 0 Å². The second kappa shape index (κ2) is 7.33. The van der Waals surface area contributed by atoms with Crippen LogP contribution >= 0.6 is 23.2 Å². The SMILES string of the molecule is CCNc1cc(Oc2c(Cl)cc([N+](=O)[O-])cc2Cl)ccc1[N+](=O)[O-]. The maximum atomic E-state index is 11.0. The third-order valence-corrected chi connectivity index (χ3v) is 3.51. The lowest BCUT2D eigenvalue weighted by Crippen LogP contribution is -2.01. The molecular weight excluding hydrogens is 361 g/mol. The van der Waals surface area contributed by atoms with Crippen molar-refractivity contribution in [3.63, 3.8) is 0 Å². The van der Waals surface area contributed by atoms with Gasteiger partial charge in [-0.05, 0) is 13.0 Å². The normalized spacial score (nSPS) is 10.3. The molecule has 1 N–H and O–H groups in total. The van der Waals surface area contributed by atoms with Crippen LogP contribution < -0.4 is 10.1 Å². The number of nitro benzene ring substituents is 2. The number of ether oxygens (including phenoxy) is 1. The summed E-state index contributed by atoms with van der Waals surface area (Å²) in [6, 6.07) is 6.31. The van der Waals surface area contributed by atoms with Gasteiger partial charge in [0.05, 0.1) is 19.9 Å². The van der Waals surface area contributed by atoms with Gasteiger partial charge in [0.25, 0.3) is 11.4 Å². The van der Waals surface area contributed by atoms with Gasteiger partial charge >= 0.3 is 0 Å². The van der Waals surface area contributed by atoms with Gasteiger partial charge in [0.1, 0.15) is 11.4 Å². The fourth-order valence-corrected chi connectivity index (χ4v) is 2.49. The van der Waals surface area contributed by atoms with E-state index >= 15 is 0 Å². The molecule has 2 aromatic rings. The van der Waals surface area contributed by atoms with Crippen molar-refractivity contribution in [1.29, 1.82) is 0 Å². The van der Waals surface area contributed by atoms with Crippen LogP contribution in [0.1, 0.15) is 6.92 Å². The van der Waals surface area contributed by atoms with E-state index in [4.69, 9.17) is 27.9 Å². The van der Waals surface area contributed by atoms with E-state index in [1.165, 1.54) is 18.2 Å². The number of halogens is 2. The predicted octanol–water partition coefficient (Wildman–Crippen LogP) is 5.03. The molecule has 0 heterocycles. The second-order valence-electron chi connectivity index (χ2n) is 4.56. The Morgan fingerprint density at radius 2 is 1.71 bits per heavy atom. The van der Waals surface area contributed by atoms with Crippen LogP contribution in [-0.2, 0) is 0 Å². The van der Waals surface area contributed by atoms with E-state index < -0.39 is 9.85 Å². The lowest BCUT2D eigenvalue weighted by Gasteiger charge is -2.11. The number of benzene rings is 2. The van der Waals surface area contributed by atoms with Gasteiger partial charge in [0, 0.05) is 30.8 Å². The summed E-state index contributed by atoms with van der Waals surface area (Å²) in [5, 5.41) is 24.5. The third-order valence-electron chi connectivity index (χ3n) is 2.95. The molecule has 8 nitrogen and oxygen atoms in total. The van der Waals surface area contributed by atoms with Crippen molar-refractivity contribution < 1.29 is 14.6 Å². The Hall–Kier alpha value is -2.58. The zero-order valence-electron chi connectivity index (χ0n) is 12.3. The van der Waals surface area contributed by atoms with Gasteiger partial charge in [-0.1, -0.05) is 23.2 Å². The quantitative estimate of drug-likeness (QED) is 0.563. The molecule has 0 fully saturated rings. The van der Waals surface area contributed by atoms with Gasteiger partial charge in [0.2, 0.25) is 0 Å². The monoisotopic (exact) mass is 371 g/mol. The molecule has 126 valence electrons. The average molecular weight is 372 g/mol. The number of non-ortho nitro benzene ring substituents is 1. The van der Waals surface area contributed by atoms with Crippen LogP contribution in [0.4, 0.5) is 17.1 Å². The molecule has 0 spiro atoms. The zero-order valence-corrected chi connectivity index (χ0v) is 13.8. The van der Waals surface area contributed by atoms with Crippen molar-refractivity contribution in [3.8, 4) is 11.5 Å². The molecule has 0 atom stereocenters. The summed E-state index contributed by atoms with van der Waals surface area (Å²) in [6.07, 6.45) is 0. The first-order chi connectivity index (χ1) is 11.3. The van der Waals surface area contributed by atoms with Crippen LogP contribution in [0.25, 0.3) is 0 Å². The first kappa shape index (κ1) is 17.8. The van der Waals surface area contributed by atoms with E-state index in [2.05, 4.69) is 5.32 Å². The van der Waals surface area contributed by atoms with Crippen LogP contribution in [0.2, 0.25) is 10.0 Å². The number of rotatable bonds is 6. The Bertz CT molecular complexity index is 790. The highest BCUT2D eigenvalue weighted by Crippen LogP contribution is 2.40. The highest BCUT2D eigenvalue weighted by atomic mass is 35.5. The minimum absolute atomic E-state index is 0.0280. The van der Waals surface area contributed by atoms with E-state index in [0.29, 0.717) is 6.54 Å². The molecule has 24 heavy (non-hydrogen) atoms. The first-order valence-corrected chi connectivity index (χ1v) is 7.42. The largest absolute Gasteiger partial charge is 0.454 e. The van der Waals surface area contributed by atoms with E-state index in [1.54, 1.807) is 6.92 Å². The summed E-state index contributed by atoms with van der Waals surface area (Å²) in [6.45, 7) is 2.27. The maximum Gasteiger partial charge on any atom is 0.292 e. The van der Waals surface area contributed by atoms with Gasteiger partial charge in [-0.3, -0.25) is 20.2 Å². The van der Waals surface area contributed by atoms with Crippen LogP contribution in [0.15, 0.2) is 30.3 Å². The molecule has 0 saturated carbocycles. The average Bonchev–Trinajstić information content (AvgIpc) is 2.50. The van der Waals surface area contributed by atoms with Gasteiger partial charge < -0.3 is 10.1 Å². The molecule has 0 radical (unpaired) electrons. The van der Waals surface area contributed by atoms with Crippen LogP contribution in [0.5, 0.6) is 11.5 Å². The Morgan fingerprint density at radius 1 is 1.08 bits per heavy atom. The number of nitrogens with zero attached hydrogens (tertiary/aromatic N) is 2. The summed E-state index contributed by atoms with van der Waals surface area (Å²) in [4.78, 5) is 20.6. The second-order valence-corrected chi connectivity index (χ2v) is 5.38. The van der Waals surface area contributed by atoms with Gasteiger partial charge in [-0.25, -0.2) is 0 Å². The number of hydrogen-bond acceptors (Lipinski definition) is 6. The summed E-state index contributed by atoms with van der Waals surface area (Å²) >= 11 is 11.9. The lowest BCUT2D eigenvalue weighted by molar-refractivity contribution is -0.384. The molecule has 0 bridgehead atoms. The maximum absolute atomic E-state index is 11.0. The van der Waals surface area contributed by atoms with Crippen molar-refractivity contribution in [1.82, 2.24) is 0 Å². The van der Waals surface area contributed by atoms with Gasteiger partial charge in [-0.2, -0.15) is 0 Å². The minimum atomic E-state index is -0.628. The number of nitrogens with one attached hydrogen (secondary N) is 1. The summed E-state index contributed by atoms with van der Waals surface area (Å²) in [5.74, 6) is 0.273. The zero-order chi connectivity index (χ0) is 17.9. The Kier molecular flexibility index (Phi) is 5.42. The molecule has 0 unspecified atom stereocenters. The van der Waals surface area contributed by atoms with Crippen molar-refractivity contribution in [2.24, 2.45) is 0 Å². The molecule has 0 aliphatic rings. The number of hydrogen-bond donors (Lipinski definition) is 1. The van der Waals surface area contributed by atoms with Gasteiger partial charge in [0.15, 0.2) is 5.75 Å². The molecule has 0 aliphatic heterocycles. The Morgan fingerprint density at radius 3 is 2.21 bits per heavy atom. The fraction of sp³-hybridized carbons (Fsp3) is 0.143. The van der Waals surface area contributed by atoms with E-state index in [-0.39, 0.29) is 38.6 Å². The van der Waals surface area contributed by atoms with E-state index in [0.717, 1.165) is 12.1 Å². The van der Waals surface area contributed by atoms with E-state index in [9.17, 15) is 20.2 Å². The topological polar surface area (TPSA) is 108 Å². The summed E-state index contributed by atoms with van der Waals surface area (Å²) in [7, 11) is 0. The van der Waals surface area contributed by atoms with Crippen LogP contribution in [0, 0.1) is 20.2 Å². The third kappa shape index (κ3) is 3.84. The van der Waals surface area contributed by atoms with Crippen molar-refractivity contribution in [3.05, 3.63) is 60.6 Å². The number of nitro groups is 2. The molecule has 0 aromatic heterocycles. The Balaban J connectivity index is 2.39. The highest BCUT2D eigenvalue weighted by molar-refractivity contribution is 6.37. The van der Waals surface area contributed by atoms with Crippen molar-refractivity contribution in [2.45, 2.75) is 6.92 Å². The number of anilines is 1. The minimum Gasteiger partial charge on any atom is -0.454 e. The van der Waals surface area contributed by atoms with E-state index in [1.807, 2.05) is 0 Å². The molecule has 0 saturated heterocycles. The Labute approximate surface area is 146 Å². The standard InChI is InChI=1S/C14H11Cl2N3O5/c1-2-17-12-7-9(3-4-13(12)19(22)23)24-14-10(15)5-8(18(20)21)6-11(14)16/h3-7,17H,2H2,1H3. The molecule has 0 aliphatic carbocycles. The molecule has 0 amide bonds. The highest BCUT2D eigenvalue weighted by Gasteiger charge is 2.18. The molecule has 2 aromatic carbocycles. The molecule has 2 rings (SSSR count). The van der Waals surface area contributed by atoms with Crippen molar-refractivity contribution >= 4 is 40.3 Å². The predicted molar refractivity (Wildman–Crippen MR) is 90.5 cm³/mol. The molecule has 10 heteroatoms. The lowest BCUT2D eigenvalue weighted by atomic mass is 10.2. The fourth-order valence-electron chi connectivity index (χ4n) is 1.94. The van der Waals surface area contributed by atoms with Crippen molar-refractivity contribution in [2.75, 3.05) is 11.9 Å². The van der Waals surface area contributed by atoms with Crippen LogP contribution in [0.3, 0.4) is 0 Å². The molecular formula is C14H11Cl2N3O5. The first-order valence-electron chi connectivity index (χ1n) is 6.67. The van der Waals surface area contributed by atoms with Crippen LogP contribution in [-0.4, -0.2) is 16.4 Å².